The summed E-state index contributed by atoms with van der Waals surface area (Å²) in [6.07, 6.45) is 0.519. The van der Waals surface area contributed by atoms with Crippen LogP contribution in [0.2, 0.25) is 0 Å². The Morgan fingerprint density at radius 3 is 2.20 bits per heavy atom. The molecule has 0 aliphatic carbocycles. The normalized spacial score (nSPS) is 11.5. The Bertz CT molecular complexity index is 664. The van der Waals surface area contributed by atoms with E-state index in [-0.39, 0.29) is 17.3 Å². The molecule has 0 aromatic heterocycles. The third-order valence-electron chi connectivity index (χ3n) is 2.95. The van der Waals surface area contributed by atoms with Crippen molar-refractivity contribution >= 4 is 10.0 Å². The zero-order valence-corrected chi connectivity index (χ0v) is 12.0. The van der Waals surface area contributed by atoms with Crippen molar-refractivity contribution in [1.82, 2.24) is 4.72 Å². The maximum atomic E-state index is 12.7. The standard InChI is InChI=1S/C15H16FNO2S/c1-12-2-8-15(9-3-12)20(18,19)17-11-10-13-4-6-14(16)7-5-13/h2-9,17H,10-11H2,1H3. The number of aryl methyl sites for hydroxylation is 1. The minimum atomic E-state index is -3.48. The zero-order valence-electron chi connectivity index (χ0n) is 11.1. The van der Waals surface area contributed by atoms with E-state index in [0.717, 1.165) is 11.1 Å². The Hall–Kier alpha value is -1.72. The smallest absolute Gasteiger partial charge is 0.211 e. The molecule has 2 aromatic carbocycles. The molecule has 0 unspecified atom stereocenters. The zero-order chi connectivity index (χ0) is 14.6. The molecule has 0 heterocycles. The third kappa shape index (κ3) is 3.88. The van der Waals surface area contributed by atoms with Gasteiger partial charge in [0.15, 0.2) is 0 Å². The summed E-state index contributed by atoms with van der Waals surface area (Å²) < 4.78 is 39.3. The van der Waals surface area contributed by atoms with Crippen LogP contribution in [0.5, 0.6) is 0 Å². The summed E-state index contributed by atoms with van der Waals surface area (Å²) in [5.41, 5.74) is 1.90. The molecule has 0 aliphatic rings. The number of sulfonamides is 1. The summed E-state index contributed by atoms with van der Waals surface area (Å²) in [6.45, 7) is 2.18. The highest BCUT2D eigenvalue weighted by Crippen LogP contribution is 2.10. The summed E-state index contributed by atoms with van der Waals surface area (Å²) >= 11 is 0. The first-order valence-electron chi connectivity index (χ1n) is 6.28. The molecule has 20 heavy (non-hydrogen) atoms. The Morgan fingerprint density at radius 2 is 1.60 bits per heavy atom. The maximum Gasteiger partial charge on any atom is 0.240 e. The van der Waals surface area contributed by atoms with Gasteiger partial charge in [0.2, 0.25) is 10.0 Å². The van der Waals surface area contributed by atoms with Crippen molar-refractivity contribution in [2.75, 3.05) is 6.54 Å². The van der Waals surface area contributed by atoms with E-state index in [2.05, 4.69) is 4.72 Å². The molecule has 106 valence electrons. The lowest BCUT2D eigenvalue weighted by molar-refractivity contribution is 0.581. The Morgan fingerprint density at radius 1 is 1.00 bits per heavy atom. The molecule has 0 saturated carbocycles. The fourth-order valence-electron chi connectivity index (χ4n) is 1.78. The molecule has 0 spiro atoms. The van der Waals surface area contributed by atoms with Crippen LogP contribution in [0.25, 0.3) is 0 Å². The van der Waals surface area contributed by atoms with Crippen molar-refractivity contribution in [2.24, 2.45) is 0 Å². The van der Waals surface area contributed by atoms with Gasteiger partial charge in [-0.1, -0.05) is 29.8 Å². The number of halogens is 1. The molecule has 0 amide bonds. The van der Waals surface area contributed by atoms with Gasteiger partial charge in [0.1, 0.15) is 5.82 Å². The van der Waals surface area contributed by atoms with Crippen LogP contribution in [0.1, 0.15) is 11.1 Å². The first-order chi connectivity index (χ1) is 9.47. The first-order valence-corrected chi connectivity index (χ1v) is 7.76. The molecule has 2 aromatic rings. The van der Waals surface area contributed by atoms with Crippen LogP contribution in [0.15, 0.2) is 53.4 Å². The van der Waals surface area contributed by atoms with Crippen molar-refractivity contribution < 1.29 is 12.8 Å². The van der Waals surface area contributed by atoms with Crippen molar-refractivity contribution in [1.29, 1.82) is 0 Å². The van der Waals surface area contributed by atoms with Gasteiger partial charge < -0.3 is 0 Å². The molecular formula is C15H16FNO2S. The van der Waals surface area contributed by atoms with Gasteiger partial charge in [0, 0.05) is 6.54 Å². The highest BCUT2D eigenvalue weighted by molar-refractivity contribution is 7.89. The van der Waals surface area contributed by atoms with Crippen molar-refractivity contribution in [3.8, 4) is 0 Å². The van der Waals surface area contributed by atoms with Crippen LogP contribution >= 0.6 is 0 Å². The van der Waals surface area contributed by atoms with Crippen LogP contribution in [-0.2, 0) is 16.4 Å². The number of rotatable bonds is 5. The molecule has 3 nitrogen and oxygen atoms in total. The lowest BCUT2D eigenvalue weighted by atomic mass is 10.1. The van der Waals surface area contributed by atoms with Crippen LogP contribution in [0.3, 0.4) is 0 Å². The second-order valence-corrected chi connectivity index (χ2v) is 6.35. The topological polar surface area (TPSA) is 46.2 Å². The van der Waals surface area contributed by atoms with Gasteiger partial charge in [-0.3, -0.25) is 0 Å². The fourth-order valence-corrected chi connectivity index (χ4v) is 2.81. The molecule has 0 atom stereocenters. The maximum absolute atomic E-state index is 12.7. The monoisotopic (exact) mass is 293 g/mol. The van der Waals surface area contributed by atoms with E-state index in [9.17, 15) is 12.8 Å². The van der Waals surface area contributed by atoms with E-state index in [0.29, 0.717) is 6.42 Å². The van der Waals surface area contributed by atoms with E-state index in [4.69, 9.17) is 0 Å². The van der Waals surface area contributed by atoms with E-state index >= 15 is 0 Å². The minimum Gasteiger partial charge on any atom is -0.211 e. The summed E-state index contributed by atoms with van der Waals surface area (Å²) in [5.74, 6) is -0.297. The van der Waals surface area contributed by atoms with Gasteiger partial charge in [-0.15, -0.1) is 0 Å². The fraction of sp³-hybridized carbons (Fsp3) is 0.200. The molecule has 0 radical (unpaired) electrons. The molecule has 0 fully saturated rings. The first kappa shape index (κ1) is 14.7. The summed E-state index contributed by atoms with van der Waals surface area (Å²) in [6, 6.07) is 12.7. The highest BCUT2D eigenvalue weighted by atomic mass is 32.2. The summed E-state index contributed by atoms with van der Waals surface area (Å²) in [5, 5.41) is 0. The Balaban J connectivity index is 1.96. The van der Waals surface area contributed by atoms with Crippen molar-refractivity contribution in [3.05, 3.63) is 65.5 Å². The molecule has 0 saturated heterocycles. The number of nitrogens with one attached hydrogen (secondary N) is 1. The second kappa shape index (κ2) is 6.15. The number of hydrogen-bond donors (Lipinski definition) is 1. The number of benzene rings is 2. The predicted molar refractivity (Wildman–Crippen MR) is 76.5 cm³/mol. The molecule has 0 aliphatic heterocycles. The predicted octanol–water partition coefficient (Wildman–Crippen LogP) is 2.66. The van der Waals surface area contributed by atoms with E-state index in [1.165, 1.54) is 12.1 Å². The lowest BCUT2D eigenvalue weighted by Crippen LogP contribution is -2.25. The van der Waals surface area contributed by atoms with Gasteiger partial charge in [0.25, 0.3) is 0 Å². The van der Waals surface area contributed by atoms with Crippen LogP contribution < -0.4 is 4.72 Å². The SMILES string of the molecule is Cc1ccc(S(=O)(=O)NCCc2ccc(F)cc2)cc1. The molecular weight excluding hydrogens is 277 g/mol. The summed E-state index contributed by atoms with van der Waals surface area (Å²) in [7, 11) is -3.48. The Kier molecular flexibility index (Phi) is 4.52. The van der Waals surface area contributed by atoms with Gasteiger partial charge in [-0.2, -0.15) is 0 Å². The van der Waals surface area contributed by atoms with Crippen LogP contribution in [0, 0.1) is 12.7 Å². The quantitative estimate of drug-likeness (QED) is 0.921. The van der Waals surface area contributed by atoms with E-state index in [1.807, 2.05) is 6.92 Å². The average molecular weight is 293 g/mol. The van der Waals surface area contributed by atoms with Crippen molar-refractivity contribution in [2.45, 2.75) is 18.2 Å². The van der Waals surface area contributed by atoms with Gasteiger partial charge in [-0.05, 0) is 43.2 Å². The highest BCUT2D eigenvalue weighted by Gasteiger charge is 2.12. The average Bonchev–Trinajstić information content (AvgIpc) is 2.41. The van der Waals surface area contributed by atoms with Crippen LogP contribution in [-0.4, -0.2) is 15.0 Å². The molecule has 1 N–H and O–H groups in total. The third-order valence-corrected chi connectivity index (χ3v) is 4.43. The minimum absolute atomic E-state index is 0.252. The van der Waals surface area contributed by atoms with Crippen molar-refractivity contribution in [3.63, 3.8) is 0 Å². The molecule has 5 heteroatoms. The lowest BCUT2D eigenvalue weighted by Gasteiger charge is -2.07. The van der Waals surface area contributed by atoms with E-state index in [1.54, 1.807) is 36.4 Å². The molecule has 2 rings (SSSR count). The van der Waals surface area contributed by atoms with Gasteiger partial charge >= 0.3 is 0 Å². The Labute approximate surface area is 118 Å². The largest absolute Gasteiger partial charge is 0.240 e. The summed E-state index contributed by atoms with van der Waals surface area (Å²) in [4.78, 5) is 0.252. The second-order valence-electron chi connectivity index (χ2n) is 4.59. The van der Waals surface area contributed by atoms with E-state index < -0.39 is 10.0 Å². The van der Waals surface area contributed by atoms with Gasteiger partial charge in [-0.25, -0.2) is 17.5 Å². The van der Waals surface area contributed by atoms with Gasteiger partial charge in [0.05, 0.1) is 4.90 Å². The molecule has 0 bridgehead atoms. The van der Waals surface area contributed by atoms with Crippen LogP contribution in [0.4, 0.5) is 4.39 Å². The number of hydrogen-bond acceptors (Lipinski definition) is 2.